The van der Waals surface area contributed by atoms with Crippen molar-refractivity contribution in [2.75, 3.05) is 19.6 Å². The molecule has 0 aliphatic carbocycles. The molecule has 1 nitrogen and oxygen atoms in total. The van der Waals surface area contributed by atoms with Crippen LogP contribution in [-0.2, 0) is 0 Å². The maximum absolute atomic E-state index is 3.96. The maximum Gasteiger partial charge on any atom is 0.0396 e. The zero-order valence-corrected chi connectivity index (χ0v) is 10.3. The number of hydrogen-bond acceptors (Lipinski definition) is 1. The summed E-state index contributed by atoms with van der Waals surface area (Å²) in [4.78, 5) is 2.63. The summed E-state index contributed by atoms with van der Waals surface area (Å²) in [6, 6.07) is 0. The van der Waals surface area contributed by atoms with Crippen LogP contribution in [0.3, 0.4) is 0 Å². The standard InChI is InChI=1S/C11H23NSi/c1-4-11(13(2)3)10-12-8-6-5-7-9-12/h4,11,13H,1,5-10H2,2-3H3. The van der Waals surface area contributed by atoms with E-state index in [4.69, 9.17) is 0 Å². The van der Waals surface area contributed by atoms with Crippen molar-refractivity contribution in [3.63, 3.8) is 0 Å². The van der Waals surface area contributed by atoms with E-state index in [-0.39, 0.29) is 0 Å². The van der Waals surface area contributed by atoms with Gasteiger partial charge in [-0.25, -0.2) is 0 Å². The van der Waals surface area contributed by atoms with Crippen LogP contribution in [0.15, 0.2) is 12.7 Å². The molecule has 0 radical (unpaired) electrons. The molecule has 0 saturated carbocycles. The summed E-state index contributed by atoms with van der Waals surface area (Å²) in [5.41, 5.74) is 0.818. The van der Waals surface area contributed by atoms with Crippen molar-refractivity contribution in [1.29, 1.82) is 0 Å². The second kappa shape index (κ2) is 5.61. The van der Waals surface area contributed by atoms with E-state index in [0.717, 1.165) is 5.54 Å². The van der Waals surface area contributed by atoms with Gasteiger partial charge in [0.05, 0.1) is 0 Å². The Hall–Kier alpha value is -0.0831. The van der Waals surface area contributed by atoms with E-state index in [0.29, 0.717) is 0 Å². The Bertz CT molecular complexity index is 150. The molecule has 0 bridgehead atoms. The molecule has 1 fully saturated rings. The molecule has 0 spiro atoms. The first kappa shape index (κ1) is 11.0. The number of hydrogen-bond donors (Lipinski definition) is 0. The molecule has 1 rings (SSSR count). The highest BCUT2D eigenvalue weighted by Crippen LogP contribution is 2.17. The summed E-state index contributed by atoms with van der Waals surface area (Å²) in [5, 5.41) is 0. The van der Waals surface area contributed by atoms with Crippen LogP contribution in [-0.4, -0.2) is 33.3 Å². The van der Waals surface area contributed by atoms with Crippen LogP contribution in [0, 0.1) is 0 Å². The second-order valence-electron chi connectivity index (χ2n) is 4.50. The van der Waals surface area contributed by atoms with Crippen LogP contribution in [0.1, 0.15) is 19.3 Å². The average molecular weight is 197 g/mol. The molecule has 1 saturated heterocycles. The Labute approximate surface area is 84.4 Å². The van der Waals surface area contributed by atoms with Gasteiger partial charge in [-0.15, -0.1) is 6.58 Å². The molecule has 13 heavy (non-hydrogen) atoms. The maximum atomic E-state index is 3.96. The third-order valence-corrected chi connectivity index (χ3v) is 5.27. The minimum absolute atomic E-state index is 0.516. The Morgan fingerprint density at radius 1 is 1.31 bits per heavy atom. The molecular formula is C11H23NSi. The fourth-order valence-corrected chi connectivity index (χ4v) is 3.26. The van der Waals surface area contributed by atoms with Crippen molar-refractivity contribution in [3.05, 3.63) is 12.7 Å². The topological polar surface area (TPSA) is 3.24 Å². The third kappa shape index (κ3) is 3.65. The van der Waals surface area contributed by atoms with Crippen molar-refractivity contribution in [3.8, 4) is 0 Å². The van der Waals surface area contributed by atoms with Gasteiger partial charge in [-0.3, -0.25) is 0 Å². The molecule has 0 aromatic carbocycles. The zero-order chi connectivity index (χ0) is 9.68. The summed E-state index contributed by atoms with van der Waals surface area (Å²) in [6.07, 6.45) is 6.44. The first-order chi connectivity index (χ1) is 6.24. The van der Waals surface area contributed by atoms with Crippen molar-refractivity contribution in [2.45, 2.75) is 37.9 Å². The Morgan fingerprint density at radius 3 is 2.38 bits per heavy atom. The molecule has 2 heteroatoms. The fraction of sp³-hybridized carbons (Fsp3) is 0.818. The lowest BCUT2D eigenvalue weighted by Gasteiger charge is -2.30. The van der Waals surface area contributed by atoms with Crippen LogP contribution < -0.4 is 0 Å². The number of piperidine rings is 1. The Kier molecular flexibility index (Phi) is 4.74. The highest BCUT2D eigenvalue weighted by atomic mass is 28.3. The lowest BCUT2D eigenvalue weighted by Crippen LogP contribution is -2.34. The summed E-state index contributed by atoms with van der Waals surface area (Å²) in [7, 11) is -0.516. The van der Waals surface area contributed by atoms with Gasteiger partial charge in [0.25, 0.3) is 0 Å². The molecule has 0 aromatic heterocycles. The van der Waals surface area contributed by atoms with E-state index in [2.05, 4.69) is 30.6 Å². The number of nitrogens with zero attached hydrogens (tertiary/aromatic N) is 1. The van der Waals surface area contributed by atoms with Crippen molar-refractivity contribution < 1.29 is 0 Å². The average Bonchev–Trinajstić information content (AvgIpc) is 2.15. The van der Waals surface area contributed by atoms with Gasteiger partial charge >= 0.3 is 0 Å². The van der Waals surface area contributed by atoms with Gasteiger partial charge in [0.2, 0.25) is 0 Å². The molecular weight excluding hydrogens is 174 g/mol. The van der Waals surface area contributed by atoms with E-state index >= 15 is 0 Å². The lowest BCUT2D eigenvalue weighted by molar-refractivity contribution is 0.232. The molecule has 76 valence electrons. The molecule has 1 atom stereocenters. The molecule has 0 N–H and O–H groups in total. The third-order valence-electron chi connectivity index (χ3n) is 3.08. The van der Waals surface area contributed by atoms with E-state index < -0.39 is 8.80 Å². The van der Waals surface area contributed by atoms with Gasteiger partial charge in [0, 0.05) is 15.3 Å². The number of rotatable bonds is 4. The minimum atomic E-state index is -0.516. The molecule has 1 heterocycles. The summed E-state index contributed by atoms with van der Waals surface area (Å²) in [5.74, 6) is 0. The highest BCUT2D eigenvalue weighted by molar-refractivity contribution is 6.58. The van der Waals surface area contributed by atoms with Crippen molar-refractivity contribution >= 4 is 8.80 Å². The van der Waals surface area contributed by atoms with Crippen LogP contribution in [0.4, 0.5) is 0 Å². The van der Waals surface area contributed by atoms with E-state index in [1.807, 2.05) is 0 Å². The van der Waals surface area contributed by atoms with Gasteiger partial charge in [-0.1, -0.05) is 25.6 Å². The minimum Gasteiger partial charge on any atom is -0.303 e. The van der Waals surface area contributed by atoms with Crippen molar-refractivity contribution in [1.82, 2.24) is 4.90 Å². The van der Waals surface area contributed by atoms with Crippen LogP contribution >= 0.6 is 0 Å². The number of likely N-dealkylation sites (tertiary alicyclic amines) is 1. The van der Waals surface area contributed by atoms with E-state index in [1.54, 1.807) is 0 Å². The van der Waals surface area contributed by atoms with Gasteiger partial charge in [-0.05, 0) is 31.5 Å². The molecule has 0 aromatic rings. The second-order valence-corrected chi connectivity index (χ2v) is 7.85. The first-order valence-corrected chi connectivity index (χ1v) is 8.56. The van der Waals surface area contributed by atoms with Crippen LogP contribution in [0.5, 0.6) is 0 Å². The van der Waals surface area contributed by atoms with Crippen LogP contribution in [0.2, 0.25) is 18.6 Å². The predicted octanol–water partition coefficient (Wildman–Crippen LogP) is 2.52. The quantitative estimate of drug-likeness (QED) is 0.494. The van der Waals surface area contributed by atoms with E-state index in [1.165, 1.54) is 38.9 Å². The first-order valence-electron chi connectivity index (χ1n) is 5.59. The Balaban J connectivity index is 2.31. The Morgan fingerprint density at radius 2 is 1.92 bits per heavy atom. The van der Waals surface area contributed by atoms with Gasteiger partial charge < -0.3 is 4.90 Å². The van der Waals surface area contributed by atoms with Crippen molar-refractivity contribution in [2.24, 2.45) is 0 Å². The van der Waals surface area contributed by atoms with Crippen LogP contribution in [0.25, 0.3) is 0 Å². The van der Waals surface area contributed by atoms with Gasteiger partial charge in [0.1, 0.15) is 0 Å². The monoisotopic (exact) mass is 197 g/mol. The molecule has 1 aliphatic heterocycles. The SMILES string of the molecule is C=CC(CN1CCCCC1)[SiH](C)C. The van der Waals surface area contributed by atoms with Gasteiger partial charge in [0.15, 0.2) is 0 Å². The molecule has 1 unspecified atom stereocenters. The summed E-state index contributed by atoms with van der Waals surface area (Å²) < 4.78 is 0. The zero-order valence-electron chi connectivity index (χ0n) is 9.13. The predicted molar refractivity (Wildman–Crippen MR) is 63.1 cm³/mol. The smallest absolute Gasteiger partial charge is 0.0396 e. The fourth-order valence-electron chi connectivity index (χ4n) is 2.00. The summed E-state index contributed by atoms with van der Waals surface area (Å²) >= 11 is 0. The highest BCUT2D eigenvalue weighted by Gasteiger charge is 2.16. The summed E-state index contributed by atoms with van der Waals surface area (Å²) in [6.45, 7) is 12.7. The molecule has 0 amide bonds. The molecule has 1 aliphatic rings. The lowest BCUT2D eigenvalue weighted by atomic mass is 10.1. The normalized spacial score (nSPS) is 21.8. The largest absolute Gasteiger partial charge is 0.303 e. The van der Waals surface area contributed by atoms with E-state index in [9.17, 15) is 0 Å². The van der Waals surface area contributed by atoms with Gasteiger partial charge in [-0.2, -0.15) is 0 Å².